The number of nitrogens with one attached hydrogen (secondary N) is 1. The Bertz CT molecular complexity index is 562. The molecule has 1 N–H and O–H groups in total. The molecule has 18 heavy (non-hydrogen) atoms. The smallest absolute Gasteiger partial charge is 0.327 e. The molecule has 0 aliphatic heterocycles. The van der Waals surface area contributed by atoms with Crippen LogP contribution in [-0.4, -0.2) is 29.2 Å². The molecule has 1 atom stereocenters. The standard InChI is InChI=1S/C13H17N3O2/c1-4-18-13(17)12(14-2)9-5-6-11-10(7-9)15-8-16(11)3/h5-8,12,14H,4H2,1-3H3. The molecule has 2 rings (SSSR count). The minimum Gasteiger partial charge on any atom is -0.465 e. The van der Waals surface area contributed by atoms with E-state index >= 15 is 0 Å². The lowest BCUT2D eigenvalue weighted by Crippen LogP contribution is -2.27. The molecule has 0 aliphatic carbocycles. The van der Waals surface area contributed by atoms with Crippen LogP contribution in [-0.2, 0) is 16.6 Å². The highest BCUT2D eigenvalue weighted by atomic mass is 16.5. The first kappa shape index (κ1) is 12.6. The Balaban J connectivity index is 2.36. The van der Waals surface area contributed by atoms with Crippen LogP contribution in [0, 0.1) is 0 Å². The van der Waals surface area contributed by atoms with Gasteiger partial charge in [-0.25, -0.2) is 9.78 Å². The summed E-state index contributed by atoms with van der Waals surface area (Å²) in [4.78, 5) is 16.1. The molecular weight excluding hydrogens is 230 g/mol. The van der Waals surface area contributed by atoms with Gasteiger partial charge in [0.25, 0.3) is 0 Å². The zero-order valence-electron chi connectivity index (χ0n) is 10.8. The van der Waals surface area contributed by atoms with Gasteiger partial charge >= 0.3 is 5.97 Å². The second-order valence-corrected chi connectivity index (χ2v) is 4.08. The number of aromatic nitrogens is 2. The van der Waals surface area contributed by atoms with Crippen LogP contribution in [0.1, 0.15) is 18.5 Å². The number of rotatable bonds is 4. The summed E-state index contributed by atoms with van der Waals surface area (Å²) in [5.41, 5.74) is 2.78. The van der Waals surface area contributed by atoms with E-state index < -0.39 is 6.04 Å². The van der Waals surface area contributed by atoms with Gasteiger partial charge in [-0.2, -0.15) is 0 Å². The number of likely N-dealkylation sites (N-methyl/N-ethyl adjacent to an activating group) is 1. The van der Waals surface area contributed by atoms with Crippen LogP contribution < -0.4 is 5.32 Å². The Morgan fingerprint density at radius 3 is 3.00 bits per heavy atom. The molecule has 1 heterocycles. The van der Waals surface area contributed by atoms with Crippen molar-refractivity contribution in [3.05, 3.63) is 30.1 Å². The van der Waals surface area contributed by atoms with Crippen molar-refractivity contribution in [3.63, 3.8) is 0 Å². The lowest BCUT2D eigenvalue weighted by Gasteiger charge is -2.14. The summed E-state index contributed by atoms with van der Waals surface area (Å²) in [7, 11) is 3.68. The molecule has 0 aliphatic rings. The summed E-state index contributed by atoms with van der Waals surface area (Å²) in [6.45, 7) is 2.18. The predicted molar refractivity (Wildman–Crippen MR) is 69.1 cm³/mol. The normalized spacial score (nSPS) is 12.6. The van der Waals surface area contributed by atoms with Crippen molar-refractivity contribution in [2.24, 2.45) is 7.05 Å². The summed E-state index contributed by atoms with van der Waals surface area (Å²) < 4.78 is 6.98. The first-order valence-corrected chi connectivity index (χ1v) is 5.92. The van der Waals surface area contributed by atoms with Gasteiger partial charge in [-0.1, -0.05) is 6.07 Å². The van der Waals surface area contributed by atoms with Crippen molar-refractivity contribution in [2.45, 2.75) is 13.0 Å². The second-order valence-electron chi connectivity index (χ2n) is 4.08. The molecule has 0 bridgehead atoms. The first-order valence-electron chi connectivity index (χ1n) is 5.92. The fourth-order valence-corrected chi connectivity index (χ4v) is 1.98. The largest absolute Gasteiger partial charge is 0.465 e. The maximum atomic E-state index is 11.8. The minimum absolute atomic E-state index is 0.268. The summed E-state index contributed by atoms with van der Waals surface area (Å²) in [5.74, 6) is -0.268. The van der Waals surface area contributed by atoms with E-state index in [9.17, 15) is 4.79 Å². The average Bonchev–Trinajstić information content (AvgIpc) is 2.72. The highest BCUT2D eigenvalue weighted by molar-refractivity contribution is 5.81. The second kappa shape index (κ2) is 5.18. The lowest BCUT2D eigenvalue weighted by atomic mass is 10.1. The van der Waals surface area contributed by atoms with Crippen molar-refractivity contribution in [3.8, 4) is 0 Å². The van der Waals surface area contributed by atoms with Crippen LogP contribution in [0.5, 0.6) is 0 Å². The molecule has 0 saturated heterocycles. The average molecular weight is 247 g/mol. The van der Waals surface area contributed by atoms with E-state index in [2.05, 4.69) is 10.3 Å². The van der Waals surface area contributed by atoms with Gasteiger partial charge in [0.2, 0.25) is 0 Å². The number of ether oxygens (including phenoxy) is 1. The molecule has 0 spiro atoms. The maximum absolute atomic E-state index is 11.8. The highest BCUT2D eigenvalue weighted by Gasteiger charge is 2.20. The summed E-state index contributed by atoms with van der Waals surface area (Å²) in [6, 6.07) is 5.34. The monoisotopic (exact) mass is 247 g/mol. The molecule has 0 radical (unpaired) electrons. The number of hydrogen-bond donors (Lipinski definition) is 1. The Morgan fingerprint density at radius 2 is 2.33 bits per heavy atom. The number of esters is 1. The van der Waals surface area contributed by atoms with Gasteiger partial charge in [0.05, 0.1) is 24.0 Å². The Kier molecular flexibility index (Phi) is 3.62. The SMILES string of the molecule is CCOC(=O)C(NC)c1ccc2c(c1)ncn2C. The van der Waals surface area contributed by atoms with E-state index in [0.29, 0.717) is 6.61 Å². The number of benzene rings is 1. The van der Waals surface area contributed by atoms with Gasteiger partial charge in [-0.15, -0.1) is 0 Å². The summed E-state index contributed by atoms with van der Waals surface area (Å²) in [6.07, 6.45) is 1.76. The van der Waals surface area contributed by atoms with E-state index in [0.717, 1.165) is 16.6 Å². The zero-order valence-corrected chi connectivity index (χ0v) is 10.8. The van der Waals surface area contributed by atoms with Crippen molar-refractivity contribution < 1.29 is 9.53 Å². The molecule has 2 aromatic rings. The topological polar surface area (TPSA) is 56.1 Å². The summed E-state index contributed by atoms with van der Waals surface area (Å²) >= 11 is 0. The van der Waals surface area contributed by atoms with Crippen LogP contribution in [0.3, 0.4) is 0 Å². The van der Waals surface area contributed by atoms with Crippen LogP contribution >= 0.6 is 0 Å². The molecule has 1 aromatic heterocycles. The number of nitrogens with zero attached hydrogens (tertiary/aromatic N) is 2. The number of imidazole rings is 1. The molecule has 0 saturated carbocycles. The molecule has 1 unspecified atom stereocenters. The number of carbonyl (C=O) groups excluding carboxylic acids is 1. The fourth-order valence-electron chi connectivity index (χ4n) is 1.98. The van der Waals surface area contributed by atoms with Gasteiger partial charge in [0.1, 0.15) is 6.04 Å². The predicted octanol–water partition coefficient (Wildman–Crippen LogP) is 1.40. The van der Waals surface area contributed by atoms with Gasteiger partial charge in [0, 0.05) is 7.05 Å². The molecule has 1 aromatic carbocycles. The van der Waals surface area contributed by atoms with Crippen LogP contribution in [0.25, 0.3) is 11.0 Å². The third kappa shape index (κ3) is 2.22. The number of hydrogen-bond acceptors (Lipinski definition) is 4. The Hall–Kier alpha value is -1.88. The van der Waals surface area contributed by atoms with E-state index in [1.54, 1.807) is 20.3 Å². The number of fused-ring (bicyclic) bond motifs is 1. The van der Waals surface area contributed by atoms with Crippen LogP contribution in [0.15, 0.2) is 24.5 Å². The molecule has 96 valence electrons. The summed E-state index contributed by atoms with van der Waals surface area (Å²) in [5, 5.41) is 2.97. The fraction of sp³-hybridized carbons (Fsp3) is 0.385. The van der Waals surface area contributed by atoms with Gasteiger partial charge < -0.3 is 14.6 Å². The number of aryl methyl sites for hydroxylation is 1. The molecular formula is C13H17N3O2. The molecule has 0 fully saturated rings. The third-order valence-electron chi connectivity index (χ3n) is 2.89. The Labute approximate surface area is 106 Å². The van der Waals surface area contributed by atoms with Gasteiger partial charge in [0.15, 0.2) is 0 Å². The molecule has 5 heteroatoms. The molecule has 0 amide bonds. The van der Waals surface area contributed by atoms with Crippen molar-refractivity contribution in [1.82, 2.24) is 14.9 Å². The van der Waals surface area contributed by atoms with Gasteiger partial charge in [-0.05, 0) is 31.7 Å². The van der Waals surface area contributed by atoms with Crippen LogP contribution in [0.4, 0.5) is 0 Å². The van der Waals surface area contributed by atoms with E-state index in [4.69, 9.17) is 4.74 Å². The van der Waals surface area contributed by atoms with E-state index in [1.165, 1.54) is 0 Å². The quantitative estimate of drug-likeness (QED) is 0.830. The van der Waals surface area contributed by atoms with Gasteiger partial charge in [-0.3, -0.25) is 0 Å². The van der Waals surface area contributed by atoms with Crippen molar-refractivity contribution >= 4 is 17.0 Å². The van der Waals surface area contributed by atoms with Crippen molar-refractivity contribution in [1.29, 1.82) is 0 Å². The van der Waals surface area contributed by atoms with E-state index in [-0.39, 0.29) is 5.97 Å². The first-order chi connectivity index (χ1) is 8.67. The zero-order chi connectivity index (χ0) is 13.1. The van der Waals surface area contributed by atoms with E-state index in [1.807, 2.05) is 29.8 Å². The highest BCUT2D eigenvalue weighted by Crippen LogP contribution is 2.20. The molecule has 5 nitrogen and oxygen atoms in total. The van der Waals surface area contributed by atoms with Crippen molar-refractivity contribution in [2.75, 3.05) is 13.7 Å². The Morgan fingerprint density at radius 1 is 1.56 bits per heavy atom. The maximum Gasteiger partial charge on any atom is 0.327 e. The number of carbonyl (C=O) groups is 1. The lowest BCUT2D eigenvalue weighted by molar-refractivity contribution is -0.145. The minimum atomic E-state index is -0.448. The van der Waals surface area contributed by atoms with Crippen LogP contribution in [0.2, 0.25) is 0 Å². The third-order valence-corrected chi connectivity index (χ3v) is 2.89.